The van der Waals surface area contributed by atoms with Gasteiger partial charge in [-0.25, -0.2) is 9.79 Å². The molecule has 1 aromatic carbocycles. The molecular weight excluding hydrogens is 414 g/mol. The zero-order valence-corrected chi connectivity index (χ0v) is 18.2. The number of nitrogens with zero attached hydrogens (tertiary/aromatic N) is 3. The van der Waals surface area contributed by atoms with Crippen LogP contribution in [0.1, 0.15) is 31.0 Å². The number of allylic oxidation sites excluding steroid dienone is 1. The van der Waals surface area contributed by atoms with Crippen molar-refractivity contribution in [1.29, 1.82) is 0 Å². The van der Waals surface area contributed by atoms with Gasteiger partial charge in [-0.3, -0.25) is 14.3 Å². The van der Waals surface area contributed by atoms with Crippen LogP contribution in [0, 0.1) is 0 Å². The SMILES string of the molecule is CCOC(=O)C1=C(C)N=c2s/c(=C/c3cccnc3)c(=O)n2[C@@H]1c1ccccc1OC. The number of hydrogen-bond acceptors (Lipinski definition) is 7. The van der Waals surface area contributed by atoms with E-state index in [4.69, 9.17) is 9.47 Å². The van der Waals surface area contributed by atoms with Crippen LogP contribution in [0.15, 0.2) is 69.8 Å². The third-order valence-corrected chi connectivity index (χ3v) is 5.92. The molecule has 158 valence electrons. The fourth-order valence-corrected chi connectivity index (χ4v) is 4.64. The Bertz CT molecular complexity index is 1340. The van der Waals surface area contributed by atoms with E-state index >= 15 is 0 Å². The van der Waals surface area contributed by atoms with Crippen LogP contribution in [0.25, 0.3) is 6.08 Å². The van der Waals surface area contributed by atoms with Crippen LogP contribution < -0.4 is 19.6 Å². The summed E-state index contributed by atoms with van der Waals surface area (Å²) in [5.41, 5.74) is 2.10. The van der Waals surface area contributed by atoms with Gasteiger partial charge < -0.3 is 9.47 Å². The van der Waals surface area contributed by atoms with Crippen molar-refractivity contribution in [3.05, 3.63) is 90.9 Å². The Balaban J connectivity index is 2.00. The van der Waals surface area contributed by atoms with Gasteiger partial charge in [-0.15, -0.1) is 0 Å². The molecular formula is C23H21N3O4S. The van der Waals surface area contributed by atoms with Gasteiger partial charge in [0, 0.05) is 18.0 Å². The van der Waals surface area contributed by atoms with Gasteiger partial charge in [0.1, 0.15) is 11.8 Å². The zero-order chi connectivity index (χ0) is 22.0. The van der Waals surface area contributed by atoms with Gasteiger partial charge in [-0.1, -0.05) is 35.6 Å². The number of para-hydroxylation sites is 1. The fourth-order valence-electron chi connectivity index (χ4n) is 3.59. The van der Waals surface area contributed by atoms with Gasteiger partial charge in [0.2, 0.25) is 0 Å². The molecule has 1 aliphatic heterocycles. The number of carbonyl (C=O) groups excluding carboxylic acids is 1. The first kappa shape index (κ1) is 20.7. The van der Waals surface area contributed by atoms with E-state index in [0.717, 1.165) is 5.56 Å². The quantitative estimate of drug-likeness (QED) is 0.574. The second-order valence-corrected chi connectivity index (χ2v) is 7.84. The van der Waals surface area contributed by atoms with E-state index in [1.165, 1.54) is 11.3 Å². The highest BCUT2D eigenvalue weighted by Gasteiger charge is 2.34. The van der Waals surface area contributed by atoms with Crippen molar-refractivity contribution in [2.75, 3.05) is 13.7 Å². The maximum absolute atomic E-state index is 13.5. The van der Waals surface area contributed by atoms with Crippen LogP contribution in [0.5, 0.6) is 5.75 Å². The second-order valence-electron chi connectivity index (χ2n) is 6.83. The van der Waals surface area contributed by atoms with Gasteiger partial charge in [-0.05, 0) is 37.6 Å². The van der Waals surface area contributed by atoms with Gasteiger partial charge in [0.15, 0.2) is 4.80 Å². The summed E-state index contributed by atoms with van der Waals surface area (Å²) in [4.78, 5) is 35.6. The van der Waals surface area contributed by atoms with Crippen LogP contribution in [0.4, 0.5) is 0 Å². The summed E-state index contributed by atoms with van der Waals surface area (Å²) in [6, 6.07) is 10.3. The van der Waals surface area contributed by atoms with Crippen molar-refractivity contribution >= 4 is 23.4 Å². The molecule has 0 fully saturated rings. The summed E-state index contributed by atoms with van der Waals surface area (Å²) in [7, 11) is 1.56. The van der Waals surface area contributed by atoms with Crippen LogP contribution in [0.3, 0.4) is 0 Å². The number of rotatable bonds is 5. The van der Waals surface area contributed by atoms with E-state index in [9.17, 15) is 9.59 Å². The minimum Gasteiger partial charge on any atom is -0.496 e. The average Bonchev–Trinajstić information content (AvgIpc) is 3.08. The van der Waals surface area contributed by atoms with Crippen molar-refractivity contribution in [2.24, 2.45) is 4.99 Å². The molecule has 0 aliphatic carbocycles. The van der Waals surface area contributed by atoms with Gasteiger partial charge in [0.25, 0.3) is 5.56 Å². The number of methoxy groups -OCH3 is 1. The molecule has 4 rings (SSSR count). The first-order chi connectivity index (χ1) is 15.0. The van der Waals surface area contributed by atoms with E-state index in [1.807, 2.05) is 30.3 Å². The number of carbonyl (C=O) groups is 1. The molecule has 2 aromatic heterocycles. The van der Waals surface area contributed by atoms with Crippen LogP contribution in [-0.4, -0.2) is 29.2 Å². The lowest BCUT2D eigenvalue weighted by Crippen LogP contribution is -2.40. The smallest absolute Gasteiger partial charge is 0.338 e. The molecule has 0 saturated carbocycles. The van der Waals surface area contributed by atoms with Crippen LogP contribution in [-0.2, 0) is 9.53 Å². The lowest BCUT2D eigenvalue weighted by atomic mass is 9.95. The van der Waals surface area contributed by atoms with E-state index in [2.05, 4.69) is 9.98 Å². The average molecular weight is 436 g/mol. The molecule has 0 N–H and O–H groups in total. The summed E-state index contributed by atoms with van der Waals surface area (Å²) in [5, 5.41) is 0. The number of hydrogen-bond donors (Lipinski definition) is 0. The summed E-state index contributed by atoms with van der Waals surface area (Å²) >= 11 is 1.27. The molecule has 1 atom stereocenters. The van der Waals surface area contributed by atoms with Crippen molar-refractivity contribution in [1.82, 2.24) is 9.55 Å². The lowest BCUT2D eigenvalue weighted by Gasteiger charge is -2.25. The number of pyridine rings is 1. The lowest BCUT2D eigenvalue weighted by molar-refractivity contribution is -0.139. The van der Waals surface area contributed by atoms with E-state index in [-0.39, 0.29) is 12.2 Å². The molecule has 0 spiro atoms. The third-order valence-electron chi connectivity index (χ3n) is 4.93. The van der Waals surface area contributed by atoms with Crippen molar-refractivity contribution in [2.45, 2.75) is 19.9 Å². The fraction of sp³-hybridized carbons (Fsp3) is 0.217. The molecule has 0 saturated heterocycles. The highest BCUT2D eigenvalue weighted by molar-refractivity contribution is 7.07. The Morgan fingerprint density at radius 1 is 1.26 bits per heavy atom. The first-order valence-corrected chi connectivity index (χ1v) is 10.6. The maximum atomic E-state index is 13.5. The molecule has 0 bridgehead atoms. The molecule has 0 amide bonds. The molecule has 8 heteroatoms. The van der Waals surface area contributed by atoms with E-state index in [1.54, 1.807) is 50.1 Å². The highest BCUT2D eigenvalue weighted by atomic mass is 32.1. The van der Waals surface area contributed by atoms with Crippen molar-refractivity contribution < 1.29 is 14.3 Å². The number of thiazole rings is 1. The van der Waals surface area contributed by atoms with Crippen LogP contribution in [0.2, 0.25) is 0 Å². The van der Waals surface area contributed by atoms with Crippen molar-refractivity contribution in [3.8, 4) is 5.75 Å². The minimum atomic E-state index is -0.706. The topological polar surface area (TPSA) is 82.8 Å². The predicted molar refractivity (Wildman–Crippen MR) is 118 cm³/mol. The minimum absolute atomic E-state index is 0.222. The molecule has 0 radical (unpaired) electrons. The number of benzene rings is 1. The predicted octanol–water partition coefficient (Wildman–Crippen LogP) is 2.20. The summed E-state index contributed by atoms with van der Waals surface area (Å²) in [5.74, 6) is 0.0760. The Morgan fingerprint density at radius 3 is 2.77 bits per heavy atom. The van der Waals surface area contributed by atoms with Gasteiger partial charge in [-0.2, -0.15) is 0 Å². The summed E-state index contributed by atoms with van der Waals surface area (Å²) < 4.78 is 12.9. The Labute approximate surface area is 182 Å². The molecule has 3 heterocycles. The Kier molecular flexibility index (Phi) is 5.81. The Morgan fingerprint density at radius 2 is 2.06 bits per heavy atom. The molecule has 0 unspecified atom stereocenters. The number of esters is 1. The normalized spacial score (nSPS) is 16.0. The first-order valence-electron chi connectivity index (χ1n) is 9.77. The van der Waals surface area contributed by atoms with Crippen LogP contribution >= 0.6 is 11.3 Å². The number of aromatic nitrogens is 2. The summed E-state index contributed by atoms with van der Waals surface area (Å²) in [6.45, 7) is 3.72. The molecule has 1 aliphatic rings. The molecule has 7 nitrogen and oxygen atoms in total. The van der Waals surface area contributed by atoms with Crippen molar-refractivity contribution in [3.63, 3.8) is 0 Å². The van der Waals surface area contributed by atoms with E-state index in [0.29, 0.717) is 31.9 Å². The number of ether oxygens (including phenoxy) is 2. The zero-order valence-electron chi connectivity index (χ0n) is 17.4. The van der Waals surface area contributed by atoms with E-state index < -0.39 is 12.0 Å². The summed E-state index contributed by atoms with van der Waals surface area (Å²) in [6.07, 6.45) is 5.14. The third kappa shape index (κ3) is 3.82. The van der Waals surface area contributed by atoms with Gasteiger partial charge >= 0.3 is 5.97 Å². The molecule has 31 heavy (non-hydrogen) atoms. The largest absolute Gasteiger partial charge is 0.496 e. The standard InChI is InChI=1S/C23H21N3O4S/c1-4-30-22(28)19-14(2)25-23-26(20(19)16-9-5-6-10-17(16)29-3)21(27)18(31-23)12-15-8-7-11-24-13-15/h5-13,20H,4H2,1-3H3/b18-12+/t20-/m1/s1. The maximum Gasteiger partial charge on any atom is 0.338 e. The second kappa shape index (κ2) is 8.69. The Hall–Kier alpha value is -3.52. The van der Waals surface area contributed by atoms with Gasteiger partial charge in [0.05, 0.1) is 29.5 Å². The molecule has 3 aromatic rings. The highest BCUT2D eigenvalue weighted by Crippen LogP contribution is 2.35. The monoisotopic (exact) mass is 435 g/mol. The number of fused-ring (bicyclic) bond motifs is 1.